The van der Waals surface area contributed by atoms with Gasteiger partial charge in [0.05, 0.1) is 21.5 Å². The van der Waals surface area contributed by atoms with Gasteiger partial charge in [0.2, 0.25) is 0 Å². The average molecular weight is 336 g/mol. The number of aromatic nitrogens is 5. The molecule has 0 atom stereocenters. The second-order valence-electron chi connectivity index (χ2n) is 5.68. The second-order valence-corrected chi connectivity index (χ2v) is 5.68. The monoisotopic (exact) mass is 336 g/mol. The lowest BCUT2D eigenvalue weighted by molar-refractivity contribution is -0.384. The highest BCUT2D eigenvalue weighted by molar-refractivity contribution is 5.79. The molecule has 3 aromatic heterocycles. The molecular weight excluding hydrogens is 324 g/mol. The van der Waals surface area contributed by atoms with E-state index in [4.69, 9.17) is 0 Å². The number of nitro benzene ring substituents is 1. The summed E-state index contributed by atoms with van der Waals surface area (Å²) in [6.45, 7) is 3.57. The summed E-state index contributed by atoms with van der Waals surface area (Å²) in [7, 11) is 0. The Balaban J connectivity index is 2.10. The van der Waals surface area contributed by atoms with Crippen LogP contribution >= 0.6 is 0 Å². The summed E-state index contributed by atoms with van der Waals surface area (Å²) in [5.74, 6) is 0.399. The summed E-state index contributed by atoms with van der Waals surface area (Å²) in [5.41, 5.74) is 2.05. The maximum absolute atomic E-state index is 13.0. The van der Waals surface area contributed by atoms with Gasteiger partial charge in [0.15, 0.2) is 0 Å². The molecule has 0 saturated heterocycles. The standard InChI is InChI=1S/C16H12N6O3/c1-9-3-4-11(22(24)25)6-13(9)20-10(2)5-14-12(15(20)23)7-17-16-18-8-19-21(14)16/h3-8H,1-2H3. The Morgan fingerprint density at radius 2 is 1.96 bits per heavy atom. The molecular formula is C16H12N6O3. The first-order chi connectivity index (χ1) is 12.0. The molecule has 0 unspecified atom stereocenters. The number of aryl methyl sites for hydroxylation is 2. The molecule has 9 nitrogen and oxygen atoms in total. The Morgan fingerprint density at radius 3 is 2.72 bits per heavy atom. The van der Waals surface area contributed by atoms with E-state index >= 15 is 0 Å². The van der Waals surface area contributed by atoms with Crippen molar-refractivity contribution >= 4 is 22.4 Å². The summed E-state index contributed by atoms with van der Waals surface area (Å²) in [4.78, 5) is 31.8. The van der Waals surface area contributed by atoms with Crippen LogP contribution in [0.1, 0.15) is 11.3 Å². The molecule has 0 fully saturated rings. The lowest BCUT2D eigenvalue weighted by Gasteiger charge is -2.14. The number of nitro groups is 1. The maximum atomic E-state index is 13.0. The molecule has 3 heterocycles. The normalized spacial score (nSPS) is 11.3. The van der Waals surface area contributed by atoms with Crippen molar-refractivity contribution in [3.63, 3.8) is 0 Å². The second kappa shape index (κ2) is 5.20. The third-order valence-electron chi connectivity index (χ3n) is 4.12. The number of hydrogen-bond donors (Lipinski definition) is 0. The van der Waals surface area contributed by atoms with E-state index in [0.717, 1.165) is 5.56 Å². The molecule has 4 aromatic rings. The van der Waals surface area contributed by atoms with Crippen LogP contribution in [-0.4, -0.2) is 29.1 Å². The van der Waals surface area contributed by atoms with E-state index in [1.165, 1.54) is 33.7 Å². The molecule has 0 bridgehead atoms. The molecule has 9 heteroatoms. The Morgan fingerprint density at radius 1 is 1.16 bits per heavy atom. The molecule has 0 N–H and O–H groups in total. The SMILES string of the molecule is Cc1ccc([N+](=O)[O-])cc1-n1c(C)cc2c(cnc3ncnn32)c1=O. The average Bonchev–Trinajstić information content (AvgIpc) is 3.05. The first-order valence-corrected chi connectivity index (χ1v) is 7.44. The van der Waals surface area contributed by atoms with Gasteiger partial charge >= 0.3 is 0 Å². The number of benzene rings is 1. The van der Waals surface area contributed by atoms with Gasteiger partial charge in [0.1, 0.15) is 6.33 Å². The van der Waals surface area contributed by atoms with Gasteiger partial charge in [-0.1, -0.05) is 6.07 Å². The van der Waals surface area contributed by atoms with E-state index < -0.39 is 4.92 Å². The minimum atomic E-state index is -0.481. The Bertz CT molecular complexity index is 1220. The Hall–Kier alpha value is -3.62. The van der Waals surface area contributed by atoms with E-state index in [2.05, 4.69) is 15.1 Å². The van der Waals surface area contributed by atoms with Crippen molar-refractivity contribution in [2.24, 2.45) is 0 Å². The molecule has 124 valence electrons. The van der Waals surface area contributed by atoms with Gasteiger partial charge in [-0.05, 0) is 25.5 Å². The summed E-state index contributed by atoms with van der Waals surface area (Å²) < 4.78 is 2.95. The molecule has 0 saturated carbocycles. The highest BCUT2D eigenvalue weighted by Gasteiger charge is 2.16. The molecule has 0 radical (unpaired) electrons. The van der Waals surface area contributed by atoms with Gasteiger partial charge in [0.25, 0.3) is 17.0 Å². The van der Waals surface area contributed by atoms with E-state index in [0.29, 0.717) is 28.1 Å². The Labute approximate surface area is 140 Å². The third-order valence-corrected chi connectivity index (χ3v) is 4.12. The van der Waals surface area contributed by atoms with Crippen LogP contribution in [0.2, 0.25) is 0 Å². The molecule has 1 aromatic carbocycles. The highest BCUT2D eigenvalue weighted by Crippen LogP contribution is 2.22. The van der Waals surface area contributed by atoms with Crippen molar-refractivity contribution in [3.8, 4) is 5.69 Å². The van der Waals surface area contributed by atoms with Crippen LogP contribution in [0, 0.1) is 24.0 Å². The summed E-state index contributed by atoms with van der Waals surface area (Å²) in [5, 5.41) is 15.5. The predicted molar refractivity (Wildman–Crippen MR) is 90.0 cm³/mol. The van der Waals surface area contributed by atoms with Gasteiger partial charge < -0.3 is 0 Å². The van der Waals surface area contributed by atoms with Crippen molar-refractivity contribution in [2.75, 3.05) is 0 Å². The quantitative estimate of drug-likeness (QED) is 0.409. The highest BCUT2D eigenvalue weighted by atomic mass is 16.6. The largest absolute Gasteiger partial charge is 0.280 e. The fraction of sp³-hybridized carbons (Fsp3) is 0.125. The zero-order valence-corrected chi connectivity index (χ0v) is 13.4. The fourth-order valence-corrected chi connectivity index (χ4v) is 2.89. The van der Waals surface area contributed by atoms with E-state index in [9.17, 15) is 14.9 Å². The fourth-order valence-electron chi connectivity index (χ4n) is 2.89. The number of pyridine rings is 1. The first kappa shape index (κ1) is 14.9. The van der Waals surface area contributed by atoms with Gasteiger partial charge in [-0.2, -0.15) is 14.6 Å². The van der Waals surface area contributed by atoms with Gasteiger partial charge in [0, 0.05) is 24.0 Å². The molecule has 25 heavy (non-hydrogen) atoms. The summed E-state index contributed by atoms with van der Waals surface area (Å²) in [6, 6.07) is 6.23. The van der Waals surface area contributed by atoms with Crippen LogP contribution < -0.4 is 5.56 Å². The molecule has 4 rings (SSSR count). The summed E-state index contributed by atoms with van der Waals surface area (Å²) >= 11 is 0. The van der Waals surface area contributed by atoms with Gasteiger partial charge in [-0.3, -0.25) is 19.5 Å². The lowest BCUT2D eigenvalue weighted by atomic mass is 10.1. The first-order valence-electron chi connectivity index (χ1n) is 7.44. The van der Waals surface area contributed by atoms with Crippen molar-refractivity contribution in [2.45, 2.75) is 13.8 Å². The molecule has 0 aliphatic carbocycles. The van der Waals surface area contributed by atoms with Crippen molar-refractivity contribution in [3.05, 3.63) is 68.5 Å². The zero-order valence-electron chi connectivity index (χ0n) is 13.4. The maximum Gasteiger partial charge on any atom is 0.271 e. The number of nitrogens with zero attached hydrogens (tertiary/aromatic N) is 6. The number of hydrogen-bond acceptors (Lipinski definition) is 6. The minimum Gasteiger partial charge on any atom is -0.280 e. The van der Waals surface area contributed by atoms with Crippen LogP contribution in [0.15, 0.2) is 41.6 Å². The van der Waals surface area contributed by atoms with Crippen molar-refractivity contribution < 1.29 is 4.92 Å². The smallest absolute Gasteiger partial charge is 0.271 e. The lowest BCUT2D eigenvalue weighted by Crippen LogP contribution is -2.22. The van der Waals surface area contributed by atoms with Crippen molar-refractivity contribution in [1.29, 1.82) is 0 Å². The predicted octanol–water partition coefficient (Wildman–Crippen LogP) is 1.95. The van der Waals surface area contributed by atoms with E-state index in [1.807, 2.05) is 0 Å². The molecule has 0 spiro atoms. The minimum absolute atomic E-state index is 0.0724. The van der Waals surface area contributed by atoms with Crippen molar-refractivity contribution in [1.82, 2.24) is 24.1 Å². The van der Waals surface area contributed by atoms with Crippen LogP contribution in [0.3, 0.4) is 0 Å². The van der Waals surface area contributed by atoms with Crippen LogP contribution in [0.4, 0.5) is 5.69 Å². The van der Waals surface area contributed by atoms with Crippen LogP contribution in [-0.2, 0) is 0 Å². The van der Waals surface area contributed by atoms with Crippen LogP contribution in [0.5, 0.6) is 0 Å². The van der Waals surface area contributed by atoms with Crippen LogP contribution in [0.25, 0.3) is 22.4 Å². The number of non-ortho nitro benzene ring substituents is 1. The summed E-state index contributed by atoms with van der Waals surface area (Å²) in [6.07, 6.45) is 2.82. The molecule has 0 aliphatic rings. The zero-order chi connectivity index (χ0) is 17.7. The van der Waals surface area contributed by atoms with E-state index in [1.54, 1.807) is 26.0 Å². The number of rotatable bonds is 2. The van der Waals surface area contributed by atoms with Gasteiger partial charge in [-0.15, -0.1) is 0 Å². The number of fused-ring (bicyclic) bond motifs is 3. The third kappa shape index (κ3) is 2.17. The molecule has 0 aliphatic heterocycles. The molecule has 0 amide bonds. The Kier molecular flexibility index (Phi) is 3.11. The van der Waals surface area contributed by atoms with E-state index in [-0.39, 0.29) is 11.2 Å². The van der Waals surface area contributed by atoms with Gasteiger partial charge in [-0.25, -0.2) is 4.98 Å². The topological polar surface area (TPSA) is 108 Å².